The molecule has 0 spiro atoms. The minimum atomic E-state index is -0.250. The van der Waals surface area contributed by atoms with Crippen LogP contribution in [0.1, 0.15) is 30.9 Å². The molecule has 0 atom stereocenters. The summed E-state index contributed by atoms with van der Waals surface area (Å²) in [5, 5.41) is 7.14. The second-order valence-electron chi connectivity index (χ2n) is 5.24. The van der Waals surface area contributed by atoms with Crippen LogP contribution in [0.5, 0.6) is 5.75 Å². The molecule has 6 nitrogen and oxygen atoms in total. The maximum atomic E-state index is 11.9. The summed E-state index contributed by atoms with van der Waals surface area (Å²) < 4.78 is 5.45. The van der Waals surface area contributed by atoms with Gasteiger partial charge in [0.25, 0.3) is 5.91 Å². The van der Waals surface area contributed by atoms with E-state index >= 15 is 0 Å². The molecule has 2 amide bonds. The number of hydrogen-bond acceptors (Lipinski definition) is 4. The molecule has 7 heteroatoms. The van der Waals surface area contributed by atoms with E-state index in [1.165, 1.54) is 0 Å². The number of halogens is 1. The van der Waals surface area contributed by atoms with E-state index in [0.29, 0.717) is 48.9 Å². The summed E-state index contributed by atoms with van der Waals surface area (Å²) in [6.45, 7) is 4.92. The molecule has 1 aliphatic heterocycles. The van der Waals surface area contributed by atoms with Crippen LogP contribution in [-0.4, -0.2) is 30.7 Å². The van der Waals surface area contributed by atoms with Gasteiger partial charge >= 0.3 is 0 Å². The van der Waals surface area contributed by atoms with E-state index in [0.717, 1.165) is 11.1 Å². The van der Waals surface area contributed by atoms with Gasteiger partial charge in [0.05, 0.1) is 11.6 Å². The van der Waals surface area contributed by atoms with Crippen LogP contribution in [-0.2, 0) is 16.0 Å². The van der Waals surface area contributed by atoms with E-state index in [9.17, 15) is 9.59 Å². The van der Waals surface area contributed by atoms with Gasteiger partial charge in [-0.15, -0.1) is 0 Å². The van der Waals surface area contributed by atoms with Gasteiger partial charge in [-0.05, 0) is 43.5 Å². The molecule has 1 aliphatic rings. The number of hydrogen-bond donors (Lipinski definition) is 2. The van der Waals surface area contributed by atoms with Crippen LogP contribution in [0.15, 0.2) is 17.2 Å². The highest BCUT2D eigenvalue weighted by atomic mass is 35.5. The number of nitrogens with zero attached hydrogens (tertiary/aromatic N) is 1. The summed E-state index contributed by atoms with van der Waals surface area (Å²) in [6.07, 6.45) is 1.31. The molecule has 0 aliphatic carbocycles. The highest BCUT2D eigenvalue weighted by molar-refractivity contribution is 6.39. The molecule has 0 saturated carbocycles. The number of aryl methyl sites for hydroxylation is 1. The van der Waals surface area contributed by atoms with E-state index in [1.807, 2.05) is 26.0 Å². The summed E-state index contributed by atoms with van der Waals surface area (Å²) in [5.41, 5.74) is 4.78. The third kappa shape index (κ3) is 4.69. The lowest BCUT2D eigenvalue weighted by molar-refractivity contribution is -0.121. The molecule has 0 fully saturated rings. The lowest BCUT2D eigenvalue weighted by Crippen LogP contribution is -2.37. The summed E-state index contributed by atoms with van der Waals surface area (Å²) in [6, 6.07) is 3.77. The average Bonchev–Trinajstić information content (AvgIpc) is 2.52. The Morgan fingerprint density at radius 1 is 1.43 bits per heavy atom. The summed E-state index contributed by atoms with van der Waals surface area (Å²) in [5.74, 6) is 0.257. The molecule has 0 aromatic heterocycles. The van der Waals surface area contributed by atoms with E-state index in [4.69, 9.17) is 16.3 Å². The molecular weight excluding hydrogens is 318 g/mol. The topological polar surface area (TPSA) is 79.8 Å². The van der Waals surface area contributed by atoms with Crippen molar-refractivity contribution in [3.63, 3.8) is 0 Å². The number of hydrazone groups is 1. The number of carbonyl (C=O) groups excluding carboxylic acids is 2. The Morgan fingerprint density at radius 2 is 2.22 bits per heavy atom. The number of rotatable bonds is 6. The van der Waals surface area contributed by atoms with E-state index < -0.39 is 0 Å². The minimum absolute atomic E-state index is 0.166. The number of amides is 2. The van der Waals surface area contributed by atoms with E-state index in [-0.39, 0.29) is 11.8 Å². The van der Waals surface area contributed by atoms with Crippen molar-refractivity contribution in [2.45, 2.75) is 33.1 Å². The molecule has 23 heavy (non-hydrogen) atoms. The first-order valence-electron chi connectivity index (χ1n) is 7.56. The van der Waals surface area contributed by atoms with Crippen molar-refractivity contribution in [1.82, 2.24) is 10.7 Å². The maximum absolute atomic E-state index is 11.9. The van der Waals surface area contributed by atoms with Crippen LogP contribution >= 0.6 is 11.6 Å². The van der Waals surface area contributed by atoms with Gasteiger partial charge in [-0.25, -0.2) is 5.43 Å². The predicted octanol–water partition coefficient (Wildman–Crippen LogP) is 1.97. The fourth-order valence-corrected chi connectivity index (χ4v) is 2.52. The summed E-state index contributed by atoms with van der Waals surface area (Å²) in [4.78, 5) is 22.9. The number of nitrogens with one attached hydrogen (secondary N) is 2. The van der Waals surface area contributed by atoms with Crippen molar-refractivity contribution >= 4 is 29.1 Å². The highest BCUT2D eigenvalue weighted by Gasteiger charge is 2.17. The van der Waals surface area contributed by atoms with Crippen molar-refractivity contribution in [3.05, 3.63) is 28.3 Å². The van der Waals surface area contributed by atoms with Gasteiger partial charge in [-0.3, -0.25) is 9.59 Å². The fraction of sp³-hybridized carbons (Fsp3) is 0.438. The predicted molar refractivity (Wildman–Crippen MR) is 88.9 cm³/mol. The van der Waals surface area contributed by atoms with Crippen molar-refractivity contribution in [3.8, 4) is 5.75 Å². The van der Waals surface area contributed by atoms with Crippen molar-refractivity contribution in [2.75, 3.05) is 13.2 Å². The van der Waals surface area contributed by atoms with Crippen LogP contribution in [0.25, 0.3) is 0 Å². The van der Waals surface area contributed by atoms with Crippen LogP contribution in [0.3, 0.4) is 0 Å². The number of carbonyl (C=O) groups is 2. The van der Waals surface area contributed by atoms with Crippen molar-refractivity contribution in [1.29, 1.82) is 0 Å². The third-order valence-corrected chi connectivity index (χ3v) is 3.83. The number of benzene rings is 1. The second kappa shape index (κ2) is 7.97. The first kappa shape index (κ1) is 17.3. The molecule has 1 aromatic carbocycles. The molecule has 2 rings (SSSR count). The van der Waals surface area contributed by atoms with Gasteiger partial charge in [0.2, 0.25) is 5.91 Å². The molecule has 0 saturated heterocycles. The van der Waals surface area contributed by atoms with Crippen LogP contribution < -0.4 is 15.5 Å². The average molecular weight is 338 g/mol. The van der Waals surface area contributed by atoms with Crippen LogP contribution in [0.4, 0.5) is 0 Å². The van der Waals surface area contributed by atoms with Crippen molar-refractivity contribution < 1.29 is 14.3 Å². The Kier molecular flexibility index (Phi) is 5.98. The largest absolute Gasteiger partial charge is 0.492 e. The minimum Gasteiger partial charge on any atom is -0.492 e. The SMILES string of the molecule is CCOc1cc(C)c(CCNC(=O)C2=NNC(=O)CC2)cc1Cl. The van der Waals surface area contributed by atoms with E-state index in [1.54, 1.807) is 0 Å². The molecule has 1 heterocycles. The Morgan fingerprint density at radius 3 is 2.87 bits per heavy atom. The lowest BCUT2D eigenvalue weighted by Gasteiger charge is -2.13. The molecule has 0 unspecified atom stereocenters. The van der Waals surface area contributed by atoms with Gasteiger partial charge in [0.1, 0.15) is 11.5 Å². The quantitative estimate of drug-likeness (QED) is 0.833. The lowest BCUT2D eigenvalue weighted by atomic mass is 10.1. The maximum Gasteiger partial charge on any atom is 0.267 e. The zero-order valence-electron chi connectivity index (χ0n) is 13.2. The molecule has 0 bridgehead atoms. The summed E-state index contributed by atoms with van der Waals surface area (Å²) in [7, 11) is 0. The Balaban J connectivity index is 1.90. The highest BCUT2D eigenvalue weighted by Crippen LogP contribution is 2.28. The number of ether oxygens (including phenoxy) is 1. The smallest absolute Gasteiger partial charge is 0.267 e. The van der Waals surface area contributed by atoms with Gasteiger partial charge in [-0.2, -0.15) is 5.10 Å². The molecular formula is C16H20ClN3O3. The molecule has 1 aromatic rings. The van der Waals surface area contributed by atoms with Gasteiger partial charge in [0, 0.05) is 19.4 Å². The van der Waals surface area contributed by atoms with E-state index in [2.05, 4.69) is 15.8 Å². The second-order valence-corrected chi connectivity index (χ2v) is 5.65. The molecule has 0 radical (unpaired) electrons. The Hall–Kier alpha value is -2.08. The molecule has 2 N–H and O–H groups in total. The van der Waals surface area contributed by atoms with Gasteiger partial charge in [0.15, 0.2) is 0 Å². The fourth-order valence-electron chi connectivity index (χ4n) is 2.28. The van der Waals surface area contributed by atoms with Crippen molar-refractivity contribution in [2.24, 2.45) is 5.10 Å². The summed E-state index contributed by atoms with van der Waals surface area (Å²) >= 11 is 6.19. The standard InChI is InChI=1S/C16H20ClN3O3/c1-3-23-14-8-10(2)11(9-12(14)17)6-7-18-16(22)13-4-5-15(21)20-19-13/h8-9H,3-7H2,1-2H3,(H,18,22)(H,20,21). The van der Waals surface area contributed by atoms with Crippen LogP contribution in [0.2, 0.25) is 5.02 Å². The Bertz CT molecular complexity index is 644. The monoisotopic (exact) mass is 337 g/mol. The zero-order chi connectivity index (χ0) is 16.8. The molecule has 124 valence electrons. The zero-order valence-corrected chi connectivity index (χ0v) is 14.0. The van der Waals surface area contributed by atoms with Gasteiger partial charge in [-0.1, -0.05) is 11.6 Å². The van der Waals surface area contributed by atoms with Crippen LogP contribution in [0, 0.1) is 6.92 Å². The third-order valence-electron chi connectivity index (χ3n) is 3.54. The normalized spacial score (nSPS) is 14.0. The van der Waals surface area contributed by atoms with Gasteiger partial charge < -0.3 is 10.1 Å². The first-order valence-corrected chi connectivity index (χ1v) is 7.94. The first-order chi connectivity index (χ1) is 11.0. The Labute approximate surface area is 140 Å².